The molecule has 0 saturated carbocycles. The second-order valence-electron chi connectivity index (χ2n) is 7.55. The van der Waals surface area contributed by atoms with Crippen LogP contribution in [-0.4, -0.2) is 24.5 Å². The number of para-hydroxylation sites is 1. The Balaban J connectivity index is 1.50. The molecule has 4 aromatic rings. The lowest BCUT2D eigenvalue weighted by atomic mass is 9.90. The van der Waals surface area contributed by atoms with Crippen molar-refractivity contribution >= 4 is 16.8 Å². The molecule has 2 N–H and O–H groups in total. The molecule has 1 unspecified atom stereocenters. The highest BCUT2D eigenvalue weighted by molar-refractivity contribution is 5.84. The van der Waals surface area contributed by atoms with Crippen molar-refractivity contribution in [2.24, 2.45) is 0 Å². The van der Waals surface area contributed by atoms with E-state index in [4.69, 9.17) is 4.74 Å². The Kier molecular flexibility index (Phi) is 6.32. The van der Waals surface area contributed by atoms with E-state index in [1.165, 1.54) is 12.1 Å². The summed E-state index contributed by atoms with van der Waals surface area (Å²) in [5.74, 6) is 0.499. The van der Waals surface area contributed by atoms with Gasteiger partial charge in [0.2, 0.25) is 5.91 Å². The van der Waals surface area contributed by atoms with Crippen LogP contribution in [0.2, 0.25) is 0 Å². The molecule has 0 spiro atoms. The van der Waals surface area contributed by atoms with Gasteiger partial charge in [0, 0.05) is 36.0 Å². The van der Waals surface area contributed by atoms with Crippen LogP contribution in [-0.2, 0) is 11.2 Å². The van der Waals surface area contributed by atoms with Gasteiger partial charge >= 0.3 is 0 Å². The minimum atomic E-state index is -0.269. The summed E-state index contributed by atoms with van der Waals surface area (Å²) in [7, 11) is 1.65. The molecule has 5 heteroatoms. The van der Waals surface area contributed by atoms with Crippen LogP contribution in [0.5, 0.6) is 5.75 Å². The first-order valence-electron chi connectivity index (χ1n) is 10.3. The van der Waals surface area contributed by atoms with Gasteiger partial charge in [-0.1, -0.05) is 42.5 Å². The Labute approximate surface area is 181 Å². The first-order valence-corrected chi connectivity index (χ1v) is 10.3. The molecule has 0 bridgehead atoms. The van der Waals surface area contributed by atoms with Crippen molar-refractivity contribution in [3.63, 3.8) is 0 Å². The van der Waals surface area contributed by atoms with Crippen LogP contribution in [0.4, 0.5) is 4.39 Å². The topological polar surface area (TPSA) is 54.1 Å². The molecule has 0 aliphatic heterocycles. The van der Waals surface area contributed by atoms with Crippen LogP contribution in [0.25, 0.3) is 10.9 Å². The second kappa shape index (κ2) is 9.47. The number of aryl methyl sites for hydroxylation is 1. The molecule has 0 aliphatic rings. The van der Waals surface area contributed by atoms with E-state index in [9.17, 15) is 9.18 Å². The lowest BCUT2D eigenvalue weighted by Crippen LogP contribution is -2.29. The summed E-state index contributed by atoms with van der Waals surface area (Å²) in [5, 5.41) is 4.23. The fraction of sp³-hybridized carbons (Fsp3) is 0.192. The molecule has 0 fully saturated rings. The molecule has 0 radical (unpaired) electrons. The van der Waals surface area contributed by atoms with Crippen molar-refractivity contribution < 1.29 is 13.9 Å². The monoisotopic (exact) mass is 416 g/mol. The van der Waals surface area contributed by atoms with Gasteiger partial charge in [-0.2, -0.15) is 0 Å². The Morgan fingerprint density at radius 1 is 1.03 bits per heavy atom. The average molecular weight is 416 g/mol. The molecule has 4 nitrogen and oxygen atoms in total. The summed E-state index contributed by atoms with van der Waals surface area (Å²) >= 11 is 0. The number of hydrogen-bond acceptors (Lipinski definition) is 2. The summed E-state index contributed by atoms with van der Waals surface area (Å²) in [4.78, 5) is 15.9. The van der Waals surface area contributed by atoms with Gasteiger partial charge < -0.3 is 15.0 Å². The number of carbonyl (C=O) groups excluding carboxylic acids is 1. The standard InChI is InChI=1S/C26H25FN2O2/c1-31-21-13-9-19(10-14-21)23(24-17-28-25-5-3-2-4-22(24)25)16-29-26(30)15-8-18-6-11-20(27)12-7-18/h2-7,9-14,17,23,28H,8,15-16H2,1H3,(H,29,30). The molecular weight excluding hydrogens is 391 g/mol. The summed E-state index contributed by atoms with van der Waals surface area (Å²) in [6, 6.07) is 22.4. The number of benzene rings is 3. The highest BCUT2D eigenvalue weighted by Crippen LogP contribution is 2.31. The third kappa shape index (κ3) is 4.94. The van der Waals surface area contributed by atoms with E-state index in [1.807, 2.05) is 48.7 Å². The van der Waals surface area contributed by atoms with Crippen molar-refractivity contribution in [1.29, 1.82) is 0 Å². The van der Waals surface area contributed by atoms with Gasteiger partial charge in [0.15, 0.2) is 0 Å². The van der Waals surface area contributed by atoms with Crippen LogP contribution >= 0.6 is 0 Å². The predicted octanol–water partition coefficient (Wildman–Crippen LogP) is 5.20. The average Bonchev–Trinajstić information content (AvgIpc) is 3.23. The van der Waals surface area contributed by atoms with E-state index in [2.05, 4.69) is 16.4 Å². The van der Waals surface area contributed by atoms with Crippen LogP contribution in [0, 0.1) is 5.82 Å². The number of rotatable bonds is 8. The second-order valence-corrected chi connectivity index (χ2v) is 7.55. The van der Waals surface area contributed by atoms with Crippen molar-refractivity contribution in [2.45, 2.75) is 18.8 Å². The Hall–Kier alpha value is -3.60. The largest absolute Gasteiger partial charge is 0.497 e. The number of carbonyl (C=O) groups is 1. The number of halogens is 1. The maximum atomic E-state index is 13.1. The molecule has 1 atom stereocenters. The predicted molar refractivity (Wildman–Crippen MR) is 121 cm³/mol. The van der Waals surface area contributed by atoms with Gasteiger partial charge in [-0.3, -0.25) is 4.79 Å². The molecule has 1 heterocycles. The molecule has 1 aromatic heterocycles. The molecule has 1 amide bonds. The Morgan fingerprint density at radius 3 is 2.52 bits per heavy atom. The van der Waals surface area contributed by atoms with Gasteiger partial charge in [-0.05, 0) is 53.4 Å². The van der Waals surface area contributed by atoms with Crippen molar-refractivity contribution in [3.8, 4) is 5.75 Å². The number of amides is 1. The number of ether oxygens (including phenoxy) is 1. The minimum Gasteiger partial charge on any atom is -0.497 e. The van der Waals surface area contributed by atoms with E-state index in [0.29, 0.717) is 19.4 Å². The van der Waals surface area contributed by atoms with Gasteiger partial charge in [-0.15, -0.1) is 0 Å². The van der Waals surface area contributed by atoms with E-state index in [0.717, 1.165) is 33.3 Å². The maximum Gasteiger partial charge on any atom is 0.220 e. The molecule has 158 valence electrons. The van der Waals surface area contributed by atoms with Crippen molar-refractivity contribution in [3.05, 3.63) is 102 Å². The molecule has 31 heavy (non-hydrogen) atoms. The minimum absolute atomic E-state index is 0.00294. The van der Waals surface area contributed by atoms with Crippen molar-refractivity contribution in [1.82, 2.24) is 10.3 Å². The van der Waals surface area contributed by atoms with E-state index in [-0.39, 0.29) is 17.6 Å². The first-order chi connectivity index (χ1) is 15.1. The number of hydrogen-bond donors (Lipinski definition) is 2. The fourth-order valence-corrected chi connectivity index (χ4v) is 3.84. The van der Waals surface area contributed by atoms with Gasteiger partial charge in [-0.25, -0.2) is 4.39 Å². The smallest absolute Gasteiger partial charge is 0.220 e. The summed E-state index contributed by atoms with van der Waals surface area (Å²) < 4.78 is 18.3. The van der Waals surface area contributed by atoms with Gasteiger partial charge in [0.05, 0.1) is 7.11 Å². The number of nitrogens with one attached hydrogen (secondary N) is 2. The van der Waals surface area contributed by atoms with E-state index in [1.54, 1.807) is 19.2 Å². The zero-order valence-electron chi connectivity index (χ0n) is 17.4. The Morgan fingerprint density at radius 2 is 1.77 bits per heavy atom. The number of aromatic nitrogens is 1. The van der Waals surface area contributed by atoms with Crippen LogP contribution in [0.15, 0.2) is 79.0 Å². The molecule has 3 aromatic carbocycles. The third-order valence-corrected chi connectivity index (χ3v) is 5.57. The first kappa shape index (κ1) is 20.7. The lowest BCUT2D eigenvalue weighted by Gasteiger charge is -2.19. The van der Waals surface area contributed by atoms with Gasteiger partial charge in [0.25, 0.3) is 0 Å². The highest BCUT2D eigenvalue weighted by Gasteiger charge is 2.19. The number of aromatic amines is 1. The quantitative estimate of drug-likeness (QED) is 0.415. The number of H-pyrrole nitrogens is 1. The van der Waals surface area contributed by atoms with E-state index >= 15 is 0 Å². The zero-order chi connectivity index (χ0) is 21.6. The molecular formula is C26H25FN2O2. The normalized spacial score (nSPS) is 11.9. The highest BCUT2D eigenvalue weighted by atomic mass is 19.1. The lowest BCUT2D eigenvalue weighted by molar-refractivity contribution is -0.121. The summed E-state index contributed by atoms with van der Waals surface area (Å²) in [5.41, 5.74) is 4.25. The molecule has 0 saturated heterocycles. The number of fused-ring (bicyclic) bond motifs is 1. The third-order valence-electron chi connectivity index (χ3n) is 5.57. The number of methoxy groups -OCH3 is 1. The zero-order valence-corrected chi connectivity index (χ0v) is 17.4. The van der Waals surface area contributed by atoms with E-state index < -0.39 is 0 Å². The van der Waals surface area contributed by atoms with Gasteiger partial charge in [0.1, 0.15) is 11.6 Å². The Bertz CT molecular complexity index is 1150. The van der Waals surface area contributed by atoms with Crippen LogP contribution < -0.4 is 10.1 Å². The van der Waals surface area contributed by atoms with Crippen LogP contribution in [0.3, 0.4) is 0 Å². The summed E-state index contributed by atoms with van der Waals surface area (Å²) in [6.45, 7) is 0.483. The maximum absolute atomic E-state index is 13.1. The SMILES string of the molecule is COc1ccc(C(CNC(=O)CCc2ccc(F)cc2)c2c[nH]c3ccccc23)cc1. The molecule has 0 aliphatic carbocycles. The van der Waals surface area contributed by atoms with Crippen LogP contribution in [0.1, 0.15) is 29.0 Å². The fourth-order valence-electron chi connectivity index (χ4n) is 3.84. The molecule has 4 rings (SSSR count). The van der Waals surface area contributed by atoms with Crippen molar-refractivity contribution in [2.75, 3.05) is 13.7 Å². The summed E-state index contributed by atoms with van der Waals surface area (Å²) in [6.07, 6.45) is 2.95.